The molecule has 1 atom stereocenters. The second kappa shape index (κ2) is 12.3. The van der Waals surface area contributed by atoms with Gasteiger partial charge in [0.05, 0.1) is 26.2 Å². The summed E-state index contributed by atoms with van der Waals surface area (Å²) in [5.74, 6) is 0.475. The van der Waals surface area contributed by atoms with E-state index in [0.717, 1.165) is 10.5 Å². The van der Waals surface area contributed by atoms with Crippen LogP contribution < -0.4 is 25.3 Å². The van der Waals surface area contributed by atoms with Crippen LogP contribution in [0, 0.1) is 0 Å². The fourth-order valence-corrected chi connectivity index (χ4v) is 6.32. The lowest BCUT2D eigenvalue weighted by molar-refractivity contribution is 0.0276. The number of esters is 1. The number of hydrogen-bond donors (Lipinski definition) is 0. The van der Waals surface area contributed by atoms with Gasteiger partial charge in [-0.25, -0.2) is 9.59 Å². The molecule has 222 valence electrons. The Labute approximate surface area is 257 Å². The predicted octanol–water partition coefficient (Wildman–Crippen LogP) is 6.84. The highest BCUT2D eigenvalue weighted by atomic mass is 32.2. The fourth-order valence-electron chi connectivity index (χ4n) is 5.48. The summed E-state index contributed by atoms with van der Waals surface area (Å²) in [5.41, 5.74) is 1.78. The minimum Gasteiger partial charge on any atom is -0.493 e. The first kappa shape index (κ1) is 29.1. The summed E-state index contributed by atoms with van der Waals surface area (Å²) in [6, 6.07) is 25.0. The molecule has 9 heteroatoms. The van der Waals surface area contributed by atoms with E-state index in [1.54, 1.807) is 37.4 Å². The van der Waals surface area contributed by atoms with Crippen molar-refractivity contribution in [3.8, 4) is 28.4 Å². The van der Waals surface area contributed by atoms with Crippen molar-refractivity contribution in [1.82, 2.24) is 0 Å². The first-order chi connectivity index (χ1) is 21.4. The van der Waals surface area contributed by atoms with Crippen LogP contribution in [0.3, 0.4) is 0 Å². The average molecular weight is 609 g/mol. The van der Waals surface area contributed by atoms with Crippen molar-refractivity contribution in [2.75, 3.05) is 21.3 Å². The molecule has 0 spiro atoms. The zero-order chi connectivity index (χ0) is 30.8. The van der Waals surface area contributed by atoms with Crippen LogP contribution in [-0.2, 0) is 11.2 Å². The van der Waals surface area contributed by atoms with E-state index in [1.165, 1.54) is 38.1 Å². The van der Waals surface area contributed by atoms with E-state index in [-0.39, 0.29) is 11.0 Å². The molecule has 44 heavy (non-hydrogen) atoms. The molecule has 0 radical (unpaired) electrons. The summed E-state index contributed by atoms with van der Waals surface area (Å²) in [6.07, 6.45) is -0.0882. The van der Waals surface area contributed by atoms with E-state index >= 15 is 0 Å². The smallest absolute Gasteiger partial charge is 0.351 e. The third-order valence-corrected chi connectivity index (χ3v) is 8.59. The Morgan fingerprint density at radius 2 is 1.59 bits per heavy atom. The normalized spacial score (nSPS) is 13.8. The Balaban J connectivity index is 1.52. The fraction of sp³-hybridized carbons (Fsp3) is 0.171. The largest absolute Gasteiger partial charge is 0.493 e. The highest BCUT2D eigenvalue weighted by Crippen LogP contribution is 2.50. The SMILES string of the molecule is COc1cc2c(c(OC)c1OC)-c1ccc(Sc3ccccc3)c(=O)cc1[C@H](OC(=O)c1cc3ccccc3oc1=O)CC2. The lowest BCUT2D eigenvalue weighted by Gasteiger charge is -2.19. The van der Waals surface area contributed by atoms with Gasteiger partial charge in [0.25, 0.3) is 0 Å². The van der Waals surface area contributed by atoms with Crippen LogP contribution in [0.2, 0.25) is 0 Å². The summed E-state index contributed by atoms with van der Waals surface area (Å²) in [6.45, 7) is 0. The Hall–Kier alpha value is -5.02. The summed E-state index contributed by atoms with van der Waals surface area (Å²) in [7, 11) is 4.61. The number of carbonyl (C=O) groups excluding carboxylic acids is 1. The van der Waals surface area contributed by atoms with Crippen LogP contribution in [-0.4, -0.2) is 27.3 Å². The van der Waals surface area contributed by atoms with Crippen molar-refractivity contribution >= 4 is 28.7 Å². The molecule has 0 fully saturated rings. The van der Waals surface area contributed by atoms with E-state index < -0.39 is 17.7 Å². The number of methoxy groups -OCH3 is 3. The molecule has 1 aliphatic rings. The van der Waals surface area contributed by atoms with E-state index in [2.05, 4.69) is 0 Å². The van der Waals surface area contributed by atoms with Gasteiger partial charge in [0, 0.05) is 21.4 Å². The van der Waals surface area contributed by atoms with Crippen LogP contribution in [0.5, 0.6) is 17.2 Å². The lowest BCUT2D eigenvalue weighted by Crippen LogP contribution is -2.19. The Kier molecular flexibility index (Phi) is 8.13. The first-order valence-corrected chi connectivity index (χ1v) is 14.7. The van der Waals surface area contributed by atoms with Crippen LogP contribution in [0.4, 0.5) is 0 Å². The zero-order valence-corrected chi connectivity index (χ0v) is 25.1. The molecule has 5 aromatic rings. The van der Waals surface area contributed by atoms with Crippen molar-refractivity contribution in [2.45, 2.75) is 28.7 Å². The van der Waals surface area contributed by atoms with E-state index in [9.17, 15) is 14.4 Å². The molecule has 0 saturated carbocycles. The standard InChI is InChI=1S/C35H28O8S/c1-39-29-18-21-13-15-28(43-35(38)25-17-20-9-7-8-12-27(20)42-34(25)37)24-19-26(36)30(44-22-10-5-4-6-11-22)16-14-23(24)31(21)33(41-3)32(29)40-2/h4-12,14,16-19,28H,13,15H2,1-3H3/t28-/m1/s1. The minimum atomic E-state index is -0.868. The van der Waals surface area contributed by atoms with E-state index in [0.29, 0.717) is 62.6 Å². The quantitative estimate of drug-likeness (QED) is 0.145. The lowest BCUT2D eigenvalue weighted by atomic mass is 9.96. The van der Waals surface area contributed by atoms with Crippen LogP contribution in [0.15, 0.2) is 109 Å². The van der Waals surface area contributed by atoms with Crippen molar-refractivity contribution in [1.29, 1.82) is 0 Å². The number of benzene rings is 3. The maximum absolute atomic E-state index is 13.7. The van der Waals surface area contributed by atoms with Crippen molar-refractivity contribution in [2.24, 2.45) is 0 Å². The molecule has 1 aromatic heterocycles. The molecule has 0 saturated heterocycles. The van der Waals surface area contributed by atoms with Crippen LogP contribution in [0.1, 0.15) is 34.0 Å². The van der Waals surface area contributed by atoms with E-state index in [1.807, 2.05) is 42.5 Å². The van der Waals surface area contributed by atoms with Gasteiger partial charge in [-0.15, -0.1) is 0 Å². The Morgan fingerprint density at radius 3 is 2.34 bits per heavy atom. The second-order valence-corrected chi connectivity index (χ2v) is 11.2. The molecule has 0 bridgehead atoms. The molecule has 0 unspecified atom stereocenters. The Morgan fingerprint density at radius 1 is 0.841 bits per heavy atom. The molecule has 8 nitrogen and oxygen atoms in total. The topological polar surface area (TPSA) is 101 Å². The molecular formula is C35H28O8S. The van der Waals surface area contributed by atoms with Gasteiger partial charge >= 0.3 is 11.6 Å². The second-order valence-electron chi connectivity index (χ2n) is 10.1. The predicted molar refractivity (Wildman–Crippen MR) is 167 cm³/mol. The molecule has 4 aromatic carbocycles. The summed E-state index contributed by atoms with van der Waals surface area (Å²) in [5, 5.41) is 0.590. The third-order valence-electron chi connectivity index (χ3n) is 7.53. The van der Waals surface area contributed by atoms with Gasteiger partial charge in [-0.3, -0.25) is 4.79 Å². The van der Waals surface area contributed by atoms with E-state index in [4.69, 9.17) is 23.4 Å². The average Bonchev–Trinajstić information content (AvgIpc) is 3.28. The maximum Gasteiger partial charge on any atom is 0.351 e. The third kappa shape index (κ3) is 5.42. The van der Waals surface area contributed by atoms with Crippen LogP contribution >= 0.6 is 11.8 Å². The van der Waals surface area contributed by atoms with Gasteiger partial charge in [0.15, 0.2) is 16.9 Å². The molecular weight excluding hydrogens is 580 g/mol. The van der Waals surface area contributed by atoms with Gasteiger partial charge in [0.2, 0.25) is 5.75 Å². The number of para-hydroxylation sites is 1. The molecule has 0 aliphatic heterocycles. The first-order valence-electron chi connectivity index (χ1n) is 13.9. The highest BCUT2D eigenvalue weighted by molar-refractivity contribution is 7.99. The number of rotatable bonds is 7. The Bertz CT molecular complexity index is 2000. The monoisotopic (exact) mass is 608 g/mol. The highest BCUT2D eigenvalue weighted by Gasteiger charge is 2.31. The number of hydrogen-bond acceptors (Lipinski definition) is 9. The van der Waals surface area contributed by atoms with Gasteiger partial charge < -0.3 is 23.4 Å². The number of carbonyl (C=O) groups is 1. The molecule has 1 heterocycles. The number of aryl methyl sites for hydroxylation is 1. The summed E-state index contributed by atoms with van der Waals surface area (Å²) >= 11 is 1.34. The molecule has 6 rings (SSSR count). The number of ether oxygens (including phenoxy) is 4. The van der Waals surface area contributed by atoms with Gasteiger partial charge in [0.1, 0.15) is 17.3 Å². The van der Waals surface area contributed by atoms with Crippen molar-refractivity contribution in [3.63, 3.8) is 0 Å². The van der Waals surface area contributed by atoms with Gasteiger partial charge in [-0.2, -0.15) is 0 Å². The van der Waals surface area contributed by atoms with Crippen LogP contribution in [0.25, 0.3) is 22.1 Å². The molecule has 0 N–H and O–H groups in total. The maximum atomic E-state index is 13.7. The summed E-state index contributed by atoms with van der Waals surface area (Å²) in [4.78, 5) is 41.4. The summed E-state index contributed by atoms with van der Waals surface area (Å²) < 4.78 is 28.6. The van der Waals surface area contributed by atoms with Gasteiger partial charge in [-0.05, 0) is 66.4 Å². The number of fused-ring (bicyclic) bond motifs is 4. The molecule has 1 aliphatic carbocycles. The van der Waals surface area contributed by atoms with Gasteiger partial charge in [-0.1, -0.05) is 54.2 Å². The molecule has 0 amide bonds. The zero-order valence-electron chi connectivity index (χ0n) is 24.2. The van der Waals surface area contributed by atoms with Crippen molar-refractivity contribution < 1.29 is 28.2 Å². The minimum absolute atomic E-state index is 0.226. The van der Waals surface area contributed by atoms with Crippen molar-refractivity contribution in [3.05, 3.63) is 122 Å².